The molecule has 0 fully saturated rings. The molecule has 0 aromatic heterocycles. The van der Waals surface area contributed by atoms with Crippen LogP contribution >= 0.6 is 11.6 Å². The monoisotopic (exact) mass is 510 g/mol. The molecule has 5 nitrogen and oxygen atoms in total. The minimum Gasteiger partial charge on any atom is -0.340 e. The van der Waals surface area contributed by atoms with Crippen LogP contribution in [0.3, 0.4) is 0 Å². The van der Waals surface area contributed by atoms with Crippen LogP contribution in [-0.4, -0.2) is 32.8 Å². The number of anilines is 1. The molecule has 3 rings (SSSR count). The number of sulfonamides is 1. The number of nitrogens with zero attached hydrogens (tertiary/aromatic N) is 2. The molecule has 0 atom stereocenters. The van der Waals surface area contributed by atoms with Gasteiger partial charge in [-0.05, 0) is 55.0 Å². The Morgan fingerprint density at radius 2 is 1.59 bits per heavy atom. The summed E-state index contributed by atoms with van der Waals surface area (Å²) in [6.45, 7) is 1.26. The van der Waals surface area contributed by atoms with Crippen molar-refractivity contribution in [1.29, 1.82) is 0 Å². The zero-order valence-corrected chi connectivity index (χ0v) is 20.0. The number of aryl methyl sites for hydroxylation is 1. The summed E-state index contributed by atoms with van der Waals surface area (Å²) in [5.41, 5.74) is 0.287. The molecule has 1 amide bonds. The average Bonchev–Trinajstić information content (AvgIpc) is 2.78. The minimum atomic E-state index is -4.68. The van der Waals surface area contributed by atoms with Gasteiger partial charge in [0.05, 0.1) is 16.1 Å². The number of carbonyl (C=O) groups is 1. The van der Waals surface area contributed by atoms with Gasteiger partial charge in [-0.1, -0.05) is 47.5 Å². The standard InChI is InChI=1S/C24H22ClF3N2O3S/c1-17-6-12-22(13-7-17)34(32,33)30(21-5-3-4-19(14-21)24(26,27)28)16-23(31)29(2)15-18-8-10-20(25)11-9-18/h3-14H,15-16H2,1-2H3. The highest BCUT2D eigenvalue weighted by atomic mass is 35.5. The highest BCUT2D eigenvalue weighted by molar-refractivity contribution is 7.92. The van der Waals surface area contributed by atoms with E-state index < -0.39 is 34.2 Å². The lowest BCUT2D eigenvalue weighted by Crippen LogP contribution is -2.41. The first kappa shape index (κ1) is 25.6. The van der Waals surface area contributed by atoms with Gasteiger partial charge >= 0.3 is 6.18 Å². The van der Waals surface area contributed by atoms with E-state index in [0.717, 1.165) is 29.3 Å². The van der Waals surface area contributed by atoms with Gasteiger partial charge in [-0.3, -0.25) is 9.10 Å². The maximum Gasteiger partial charge on any atom is 0.416 e. The summed E-state index contributed by atoms with van der Waals surface area (Å²) in [6.07, 6.45) is -4.68. The molecule has 0 heterocycles. The third-order valence-corrected chi connectivity index (χ3v) is 7.15. The summed E-state index contributed by atoms with van der Waals surface area (Å²) in [5.74, 6) is -0.594. The molecule has 0 bridgehead atoms. The van der Waals surface area contributed by atoms with Crippen molar-refractivity contribution in [2.75, 3.05) is 17.9 Å². The SMILES string of the molecule is Cc1ccc(S(=O)(=O)N(CC(=O)N(C)Cc2ccc(Cl)cc2)c2cccc(C(F)(F)F)c2)cc1. The quantitative estimate of drug-likeness (QED) is 0.420. The van der Waals surface area contributed by atoms with E-state index in [9.17, 15) is 26.4 Å². The first-order valence-electron chi connectivity index (χ1n) is 10.1. The van der Waals surface area contributed by atoms with Crippen molar-refractivity contribution in [2.24, 2.45) is 0 Å². The van der Waals surface area contributed by atoms with Gasteiger partial charge in [0.1, 0.15) is 6.54 Å². The predicted octanol–water partition coefficient (Wildman–Crippen LogP) is 5.52. The fourth-order valence-corrected chi connectivity index (χ4v) is 4.72. The Kier molecular flexibility index (Phi) is 7.57. The van der Waals surface area contributed by atoms with Crippen LogP contribution in [-0.2, 0) is 27.5 Å². The second-order valence-corrected chi connectivity index (χ2v) is 10.0. The van der Waals surface area contributed by atoms with Crippen LogP contribution in [0.5, 0.6) is 0 Å². The fraction of sp³-hybridized carbons (Fsp3) is 0.208. The van der Waals surface area contributed by atoms with E-state index in [2.05, 4.69) is 0 Å². The van der Waals surface area contributed by atoms with Gasteiger partial charge in [0.25, 0.3) is 10.0 Å². The van der Waals surface area contributed by atoms with Gasteiger partial charge in [-0.2, -0.15) is 13.2 Å². The number of likely N-dealkylation sites (N-methyl/N-ethyl adjacent to an activating group) is 1. The predicted molar refractivity (Wildman–Crippen MR) is 125 cm³/mol. The van der Waals surface area contributed by atoms with E-state index in [1.807, 2.05) is 0 Å². The molecule has 3 aromatic carbocycles. The summed E-state index contributed by atoms with van der Waals surface area (Å²) >= 11 is 5.88. The number of rotatable bonds is 7. The smallest absolute Gasteiger partial charge is 0.340 e. The second kappa shape index (κ2) is 10.1. The Morgan fingerprint density at radius 3 is 2.18 bits per heavy atom. The van der Waals surface area contributed by atoms with Crippen LogP contribution in [0.1, 0.15) is 16.7 Å². The molecule has 0 aliphatic heterocycles. The van der Waals surface area contributed by atoms with E-state index in [1.165, 1.54) is 30.1 Å². The number of benzene rings is 3. The maximum atomic E-state index is 13.4. The van der Waals surface area contributed by atoms with Gasteiger partial charge in [0, 0.05) is 18.6 Å². The Bertz CT molecular complexity index is 1260. The normalized spacial score (nSPS) is 11.8. The maximum absolute atomic E-state index is 13.4. The van der Waals surface area contributed by atoms with E-state index in [4.69, 9.17) is 11.6 Å². The largest absolute Gasteiger partial charge is 0.416 e. The third-order valence-electron chi connectivity index (χ3n) is 5.11. The van der Waals surface area contributed by atoms with Crippen LogP contribution in [0.2, 0.25) is 5.02 Å². The molecule has 0 radical (unpaired) electrons. The molecular weight excluding hydrogens is 489 g/mol. The van der Waals surface area contributed by atoms with E-state index >= 15 is 0 Å². The lowest BCUT2D eigenvalue weighted by molar-refractivity contribution is -0.137. The van der Waals surface area contributed by atoms with Gasteiger partial charge in [0.2, 0.25) is 5.91 Å². The minimum absolute atomic E-state index is 0.135. The number of hydrogen-bond acceptors (Lipinski definition) is 3. The van der Waals surface area contributed by atoms with Crippen molar-refractivity contribution in [2.45, 2.75) is 24.5 Å². The fourth-order valence-electron chi connectivity index (χ4n) is 3.19. The number of carbonyl (C=O) groups excluding carboxylic acids is 1. The summed E-state index contributed by atoms with van der Waals surface area (Å²) in [7, 11) is -2.85. The van der Waals surface area contributed by atoms with Crippen molar-refractivity contribution in [3.63, 3.8) is 0 Å². The second-order valence-electron chi connectivity index (χ2n) is 7.75. The highest BCUT2D eigenvalue weighted by Gasteiger charge is 2.33. The number of alkyl halides is 3. The van der Waals surface area contributed by atoms with Crippen molar-refractivity contribution >= 4 is 33.2 Å². The van der Waals surface area contributed by atoms with E-state index in [0.29, 0.717) is 9.33 Å². The molecule has 0 N–H and O–H groups in total. The summed E-state index contributed by atoms with van der Waals surface area (Å²) in [6, 6.07) is 16.5. The summed E-state index contributed by atoms with van der Waals surface area (Å²) in [4.78, 5) is 14.1. The average molecular weight is 511 g/mol. The Labute approximate surface area is 201 Å². The van der Waals surface area contributed by atoms with Gasteiger partial charge in [0.15, 0.2) is 0 Å². The van der Waals surface area contributed by atoms with Gasteiger partial charge < -0.3 is 4.90 Å². The van der Waals surface area contributed by atoms with Crippen LogP contribution < -0.4 is 4.31 Å². The van der Waals surface area contributed by atoms with Crippen molar-refractivity contribution in [3.8, 4) is 0 Å². The van der Waals surface area contributed by atoms with Crippen LogP contribution in [0.4, 0.5) is 18.9 Å². The Hall–Kier alpha value is -3.04. The van der Waals surface area contributed by atoms with Crippen LogP contribution in [0.25, 0.3) is 0 Å². The van der Waals surface area contributed by atoms with Gasteiger partial charge in [-0.15, -0.1) is 0 Å². The summed E-state index contributed by atoms with van der Waals surface area (Å²) < 4.78 is 67.5. The molecule has 180 valence electrons. The Balaban J connectivity index is 1.97. The zero-order chi connectivity index (χ0) is 25.1. The van der Waals surface area contributed by atoms with Crippen LogP contribution in [0.15, 0.2) is 77.7 Å². The zero-order valence-electron chi connectivity index (χ0n) is 18.4. The molecule has 0 saturated carbocycles. The molecule has 0 aliphatic rings. The Morgan fingerprint density at radius 1 is 0.971 bits per heavy atom. The molecule has 0 spiro atoms. The van der Waals surface area contributed by atoms with Crippen LogP contribution in [0, 0.1) is 6.92 Å². The van der Waals surface area contributed by atoms with E-state index in [1.54, 1.807) is 43.3 Å². The lowest BCUT2D eigenvalue weighted by atomic mass is 10.2. The van der Waals surface area contributed by atoms with Crippen molar-refractivity contribution in [3.05, 3.63) is 94.5 Å². The highest BCUT2D eigenvalue weighted by Crippen LogP contribution is 2.33. The number of amides is 1. The molecular formula is C24H22ClF3N2O3S. The number of halogens is 4. The molecule has 34 heavy (non-hydrogen) atoms. The van der Waals surface area contributed by atoms with Crippen molar-refractivity contribution < 1.29 is 26.4 Å². The molecule has 3 aromatic rings. The third kappa shape index (κ3) is 6.09. The topological polar surface area (TPSA) is 57.7 Å². The molecule has 0 saturated heterocycles. The molecule has 0 aliphatic carbocycles. The van der Waals surface area contributed by atoms with E-state index in [-0.39, 0.29) is 17.1 Å². The first-order valence-corrected chi connectivity index (χ1v) is 11.9. The van der Waals surface area contributed by atoms with Crippen molar-refractivity contribution in [1.82, 2.24) is 4.90 Å². The number of hydrogen-bond donors (Lipinski definition) is 0. The van der Waals surface area contributed by atoms with Gasteiger partial charge in [-0.25, -0.2) is 8.42 Å². The first-order chi connectivity index (χ1) is 15.9. The molecule has 10 heteroatoms. The molecule has 0 unspecified atom stereocenters. The lowest BCUT2D eigenvalue weighted by Gasteiger charge is -2.27. The summed E-state index contributed by atoms with van der Waals surface area (Å²) in [5, 5.41) is 0.526.